The van der Waals surface area contributed by atoms with Gasteiger partial charge in [0.2, 0.25) is 0 Å². The van der Waals surface area contributed by atoms with E-state index in [0.29, 0.717) is 28.8 Å². The van der Waals surface area contributed by atoms with Gasteiger partial charge in [0, 0.05) is 23.3 Å². The summed E-state index contributed by atoms with van der Waals surface area (Å²) >= 11 is 0. The monoisotopic (exact) mass is 324 g/mol. The highest BCUT2D eigenvalue weighted by atomic mass is 16.2. The van der Waals surface area contributed by atoms with Crippen LogP contribution in [0, 0.1) is 0 Å². The van der Waals surface area contributed by atoms with Gasteiger partial charge < -0.3 is 0 Å². The van der Waals surface area contributed by atoms with Crippen LogP contribution in [-0.2, 0) is 25.6 Å². The van der Waals surface area contributed by atoms with Crippen LogP contribution in [0.2, 0.25) is 0 Å². The molecule has 24 heavy (non-hydrogen) atoms. The van der Waals surface area contributed by atoms with Gasteiger partial charge in [0.25, 0.3) is 23.6 Å². The molecule has 0 aromatic heterocycles. The zero-order valence-electron chi connectivity index (χ0n) is 13.6. The highest BCUT2D eigenvalue weighted by Crippen LogP contribution is 2.38. The van der Waals surface area contributed by atoms with E-state index in [0.717, 1.165) is 9.80 Å². The van der Waals surface area contributed by atoms with Crippen LogP contribution in [0.1, 0.15) is 26.3 Å². The van der Waals surface area contributed by atoms with E-state index in [1.807, 2.05) is 6.92 Å². The zero-order valence-corrected chi connectivity index (χ0v) is 13.6. The van der Waals surface area contributed by atoms with Crippen LogP contribution < -0.4 is 9.80 Å². The van der Waals surface area contributed by atoms with Gasteiger partial charge in [0.15, 0.2) is 0 Å². The number of para-hydroxylation sites is 1. The van der Waals surface area contributed by atoms with Crippen molar-refractivity contribution in [2.45, 2.75) is 27.2 Å². The lowest BCUT2D eigenvalue weighted by molar-refractivity contribution is -0.122. The van der Waals surface area contributed by atoms with E-state index < -0.39 is 23.6 Å². The molecule has 1 aromatic rings. The molecule has 0 radical (unpaired) electrons. The standard InChI is InChI=1S/C18H16N2O4/c1-4-12-6-5-7-13(19-14(21)8-10(2)17(19)23)16(12)20-15(22)9-11(3)18(20)24/h5-9H,4H2,1-3H3. The smallest absolute Gasteiger partial charge is 0.261 e. The molecule has 2 aliphatic rings. The van der Waals surface area contributed by atoms with Crippen LogP contribution in [0.3, 0.4) is 0 Å². The molecule has 4 amide bonds. The first-order valence-electron chi connectivity index (χ1n) is 7.62. The molecule has 0 unspecified atom stereocenters. The summed E-state index contributed by atoms with van der Waals surface area (Å²) in [6.07, 6.45) is 3.06. The molecular formula is C18H16N2O4. The average molecular weight is 324 g/mol. The number of aryl methyl sites for hydroxylation is 1. The summed E-state index contributed by atoms with van der Waals surface area (Å²) in [6.45, 7) is 5.00. The minimum absolute atomic E-state index is 0.252. The maximum atomic E-state index is 12.4. The Morgan fingerprint density at radius 3 is 1.83 bits per heavy atom. The molecule has 0 fully saturated rings. The number of amides is 4. The van der Waals surface area contributed by atoms with Crippen LogP contribution in [0.15, 0.2) is 41.5 Å². The van der Waals surface area contributed by atoms with E-state index >= 15 is 0 Å². The van der Waals surface area contributed by atoms with Crippen molar-refractivity contribution in [2.75, 3.05) is 9.80 Å². The number of hydrogen-bond acceptors (Lipinski definition) is 4. The van der Waals surface area contributed by atoms with E-state index in [-0.39, 0.29) is 5.69 Å². The number of hydrogen-bond donors (Lipinski definition) is 0. The minimum Gasteiger partial charge on any atom is -0.269 e. The number of benzene rings is 1. The lowest BCUT2D eigenvalue weighted by Gasteiger charge is -2.25. The fourth-order valence-electron chi connectivity index (χ4n) is 2.92. The number of carbonyl (C=O) groups is 4. The fourth-order valence-corrected chi connectivity index (χ4v) is 2.92. The van der Waals surface area contributed by atoms with E-state index in [9.17, 15) is 19.2 Å². The maximum Gasteiger partial charge on any atom is 0.261 e. The average Bonchev–Trinajstić information content (AvgIpc) is 2.94. The lowest BCUT2D eigenvalue weighted by Crippen LogP contribution is -2.36. The molecule has 6 nitrogen and oxygen atoms in total. The third-order valence-electron chi connectivity index (χ3n) is 4.15. The Balaban J connectivity index is 2.20. The summed E-state index contributed by atoms with van der Waals surface area (Å²) in [5, 5.41) is 0. The summed E-state index contributed by atoms with van der Waals surface area (Å²) in [5.74, 6) is -1.83. The topological polar surface area (TPSA) is 74.8 Å². The molecule has 2 heterocycles. The Morgan fingerprint density at radius 1 is 0.833 bits per heavy atom. The summed E-state index contributed by atoms with van der Waals surface area (Å²) in [4.78, 5) is 51.3. The van der Waals surface area contributed by atoms with Crippen LogP contribution >= 0.6 is 0 Å². The van der Waals surface area contributed by atoms with Crippen molar-refractivity contribution < 1.29 is 19.2 Å². The Hall–Kier alpha value is -3.02. The summed E-state index contributed by atoms with van der Waals surface area (Å²) in [7, 11) is 0. The van der Waals surface area contributed by atoms with Gasteiger partial charge in [0.1, 0.15) is 0 Å². The number of anilines is 2. The second-order valence-corrected chi connectivity index (χ2v) is 5.75. The molecule has 0 N–H and O–H groups in total. The number of imide groups is 2. The summed E-state index contributed by atoms with van der Waals surface area (Å²) < 4.78 is 0. The second-order valence-electron chi connectivity index (χ2n) is 5.75. The van der Waals surface area contributed by atoms with E-state index in [1.54, 1.807) is 32.0 Å². The van der Waals surface area contributed by atoms with Crippen molar-refractivity contribution in [3.8, 4) is 0 Å². The first-order valence-corrected chi connectivity index (χ1v) is 7.62. The quantitative estimate of drug-likeness (QED) is 0.796. The third-order valence-corrected chi connectivity index (χ3v) is 4.15. The van der Waals surface area contributed by atoms with Crippen LogP contribution in [0.4, 0.5) is 11.4 Å². The molecular weight excluding hydrogens is 308 g/mol. The molecule has 2 aliphatic heterocycles. The van der Waals surface area contributed by atoms with Crippen LogP contribution in [0.5, 0.6) is 0 Å². The predicted molar refractivity (Wildman–Crippen MR) is 88.3 cm³/mol. The van der Waals surface area contributed by atoms with Crippen molar-refractivity contribution in [3.63, 3.8) is 0 Å². The molecule has 3 rings (SSSR count). The Morgan fingerprint density at radius 2 is 1.38 bits per heavy atom. The van der Waals surface area contributed by atoms with Crippen LogP contribution in [-0.4, -0.2) is 23.6 Å². The number of nitrogens with zero attached hydrogens (tertiary/aromatic N) is 2. The summed E-state index contributed by atoms with van der Waals surface area (Å²) in [6, 6.07) is 5.06. The normalized spacial score (nSPS) is 17.8. The van der Waals surface area contributed by atoms with Crippen molar-refractivity contribution in [2.24, 2.45) is 0 Å². The molecule has 0 saturated heterocycles. The van der Waals surface area contributed by atoms with E-state index in [2.05, 4.69) is 0 Å². The molecule has 122 valence electrons. The highest BCUT2D eigenvalue weighted by Gasteiger charge is 2.38. The van der Waals surface area contributed by atoms with Gasteiger partial charge in [0.05, 0.1) is 11.4 Å². The first-order chi connectivity index (χ1) is 11.4. The third kappa shape index (κ3) is 2.19. The highest BCUT2D eigenvalue weighted by molar-refractivity contribution is 6.35. The molecule has 0 saturated carbocycles. The van der Waals surface area contributed by atoms with Gasteiger partial charge in [-0.05, 0) is 31.9 Å². The van der Waals surface area contributed by atoms with Gasteiger partial charge >= 0.3 is 0 Å². The number of rotatable bonds is 3. The number of carbonyl (C=O) groups excluding carboxylic acids is 4. The van der Waals surface area contributed by atoms with Crippen LogP contribution in [0.25, 0.3) is 0 Å². The van der Waals surface area contributed by atoms with Crippen molar-refractivity contribution in [3.05, 3.63) is 47.1 Å². The van der Waals surface area contributed by atoms with Crippen molar-refractivity contribution in [1.82, 2.24) is 0 Å². The first kappa shape index (κ1) is 15.9. The maximum absolute atomic E-state index is 12.4. The van der Waals surface area contributed by atoms with Gasteiger partial charge in [-0.15, -0.1) is 0 Å². The summed E-state index contributed by atoms with van der Waals surface area (Å²) in [5.41, 5.74) is 1.91. The second kappa shape index (κ2) is 5.56. The van der Waals surface area contributed by atoms with E-state index in [1.165, 1.54) is 12.2 Å². The molecule has 0 aliphatic carbocycles. The molecule has 0 spiro atoms. The van der Waals surface area contributed by atoms with Crippen molar-refractivity contribution in [1.29, 1.82) is 0 Å². The lowest BCUT2D eigenvalue weighted by atomic mass is 10.1. The van der Waals surface area contributed by atoms with Crippen molar-refractivity contribution >= 4 is 35.0 Å². The van der Waals surface area contributed by atoms with Gasteiger partial charge in [-0.25, -0.2) is 9.80 Å². The molecule has 1 aromatic carbocycles. The molecule has 6 heteroatoms. The van der Waals surface area contributed by atoms with Gasteiger partial charge in [-0.2, -0.15) is 0 Å². The zero-order chi connectivity index (χ0) is 17.6. The largest absolute Gasteiger partial charge is 0.269 e. The SMILES string of the molecule is CCc1cccc(N2C(=O)C=C(C)C2=O)c1N1C(=O)C=C(C)C1=O. The minimum atomic E-state index is -0.476. The fraction of sp³-hybridized carbons (Fsp3) is 0.222. The van der Waals surface area contributed by atoms with Gasteiger partial charge in [-0.3, -0.25) is 19.2 Å². The molecule has 0 atom stereocenters. The molecule has 0 bridgehead atoms. The Bertz CT molecular complexity index is 864. The van der Waals surface area contributed by atoms with E-state index in [4.69, 9.17) is 0 Å². The Labute approximate surface area is 139 Å². The van der Waals surface area contributed by atoms with Gasteiger partial charge in [-0.1, -0.05) is 19.1 Å². The Kier molecular flexibility index (Phi) is 3.67. The predicted octanol–water partition coefficient (Wildman–Crippen LogP) is 1.89.